The van der Waals surface area contributed by atoms with Crippen molar-refractivity contribution in [2.45, 2.75) is 19.3 Å². The Morgan fingerprint density at radius 3 is 2.33 bits per heavy atom. The van der Waals surface area contributed by atoms with E-state index in [0.717, 1.165) is 5.56 Å². The minimum atomic E-state index is -4.68. The van der Waals surface area contributed by atoms with Gasteiger partial charge in [-0.3, -0.25) is 4.57 Å². The number of hydrogen-bond acceptors (Lipinski definition) is 5. The van der Waals surface area contributed by atoms with E-state index in [2.05, 4.69) is 14.7 Å². The number of nitrogens with zero attached hydrogens (tertiary/aromatic N) is 3. The van der Waals surface area contributed by atoms with Crippen molar-refractivity contribution in [3.63, 3.8) is 0 Å². The van der Waals surface area contributed by atoms with Gasteiger partial charge in [-0.05, 0) is 26.6 Å². The maximum absolute atomic E-state index is 12.7. The van der Waals surface area contributed by atoms with E-state index in [1.165, 1.54) is 0 Å². The summed E-state index contributed by atoms with van der Waals surface area (Å²) in [4.78, 5) is 3.32. The van der Waals surface area contributed by atoms with Gasteiger partial charge in [-0.15, -0.1) is 0 Å². The van der Waals surface area contributed by atoms with Crippen LogP contribution in [-0.2, 0) is 21.4 Å². The van der Waals surface area contributed by atoms with Gasteiger partial charge in [-0.25, -0.2) is 4.67 Å². The third-order valence-corrected chi connectivity index (χ3v) is 5.85. The van der Waals surface area contributed by atoms with Crippen LogP contribution in [0.4, 0.5) is 13.2 Å². The first-order valence-electron chi connectivity index (χ1n) is 7.07. The highest BCUT2D eigenvalue weighted by Crippen LogP contribution is 2.51. The first-order chi connectivity index (χ1) is 11.2. The number of alkyl halides is 3. The summed E-state index contributed by atoms with van der Waals surface area (Å²) in [5.41, 5.74) is 1.10. The summed E-state index contributed by atoms with van der Waals surface area (Å²) in [6.07, 6.45) is -4.49. The van der Waals surface area contributed by atoms with Crippen LogP contribution in [-0.4, -0.2) is 35.5 Å². The summed E-state index contributed by atoms with van der Waals surface area (Å²) in [6, 6.07) is 6.39. The first kappa shape index (κ1) is 18.6. The highest BCUT2D eigenvalue weighted by molar-refractivity contribution is 7.55. The maximum Gasteiger partial charge on any atom is 0.471 e. The number of hydrogen-bond donors (Lipinski definition) is 0. The Morgan fingerprint density at radius 1 is 1.25 bits per heavy atom. The van der Waals surface area contributed by atoms with Crippen LogP contribution >= 0.6 is 7.52 Å². The molecule has 1 aromatic heterocycles. The van der Waals surface area contributed by atoms with Crippen LogP contribution in [0.3, 0.4) is 0 Å². The largest absolute Gasteiger partial charge is 0.471 e. The molecule has 0 amide bonds. The third kappa shape index (κ3) is 4.23. The van der Waals surface area contributed by atoms with Crippen molar-refractivity contribution in [1.82, 2.24) is 14.8 Å². The number of rotatable bonds is 6. The summed E-state index contributed by atoms with van der Waals surface area (Å²) >= 11 is 0. The van der Waals surface area contributed by atoms with Crippen LogP contribution in [0.25, 0.3) is 11.4 Å². The Morgan fingerprint density at radius 2 is 1.88 bits per heavy atom. The molecule has 1 aromatic carbocycles. The summed E-state index contributed by atoms with van der Waals surface area (Å²) in [5.74, 6) is -1.55. The molecule has 1 atom stereocenters. The van der Waals surface area contributed by atoms with E-state index in [-0.39, 0.29) is 12.0 Å². The van der Waals surface area contributed by atoms with Gasteiger partial charge in [0.1, 0.15) is 0 Å². The molecule has 6 nitrogen and oxygen atoms in total. The minimum Gasteiger partial charge on any atom is -0.329 e. The topological polar surface area (TPSA) is 68.5 Å². The summed E-state index contributed by atoms with van der Waals surface area (Å²) in [7, 11) is 0.355. The van der Waals surface area contributed by atoms with E-state index in [9.17, 15) is 17.7 Å². The van der Waals surface area contributed by atoms with Crippen LogP contribution in [0, 0.1) is 0 Å². The molecule has 0 saturated carbocycles. The van der Waals surface area contributed by atoms with Crippen molar-refractivity contribution in [1.29, 1.82) is 0 Å². The Hall–Kier alpha value is -1.70. The lowest BCUT2D eigenvalue weighted by molar-refractivity contribution is -0.159. The summed E-state index contributed by atoms with van der Waals surface area (Å²) < 4.78 is 61.2. The summed E-state index contributed by atoms with van der Waals surface area (Å²) in [6.45, 7) is 2.07. The molecule has 0 spiro atoms. The van der Waals surface area contributed by atoms with E-state index in [0.29, 0.717) is 12.2 Å². The average Bonchev–Trinajstić information content (AvgIpc) is 2.98. The molecular weight excluding hydrogens is 346 g/mol. The zero-order chi connectivity index (χ0) is 18.0. The van der Waals surface area contributed by atoms with Gasteiger partial charge < -0.3 is 9.05 Å². The Bertz CT molecular complexity index is 729. The monoisotopic (exact) mass is 363 g/mol. The fraction of sp³-hybridized carbons (Fsp3) is 0.429. The Balaban J connectivity index is 2.19. The van der Waals surface area contributed by atoms with Gasteiger partial charge in [-0.2, -0.15) is 18.2 Å². The SMILES string of the molecule is CCOP(=O)(Cc1ccc(-c2noc(C(F)(F)F)n2)cc1)N(C)C. The molecule has 2 aromatic rings. The van der Waals surface area contributed by atoms with Gasteiger partial charge in [0, 0.05) is 5.56 Å². The van der Waals surface area contributed by atoms with E-state index in [4.69, 9.17) is 4.52 Å². The van der Waals surface area contributed by atoms with E-state index >= 15 is 0 Å². The maximum atomic E-state index is 12.7. The molecule has 0 saturated heterocycles. The second-order valence-electron chi connectivity index (χ2n) is 5.18. The van der Waals surface area contributed by atoms with E-state index < -0.39 is 19.6 Å². The second-order valence-corrected chi connectivity index (χ2v) is 7.83. The molecule has 0 radical (unpaired) electrons. The molecule has 0 aliphatic heterocycles. The highest BCUT2D eigenvalue weighted by atomic mass is 31.2. The van der Waals surface area contributed by atoms with Crippen LogP contribution in [0.15, 0.2) is 28.8 Å². The fourth-order valence-corrected chi connectivity index (χ4v) is 3.63. The molecule has 132 valence electrons. The third-order valence-electron chi connectivity index (χ3n) is 3.20. The lowest BCUT2D eigenvalue weighted by Crippen LogP contribution is -2.12. The molecule has 0 aliphatic rings. The molecule has 10 heteroatoms. The molecule has 2 rings (SSSR count). The average molecular weight is 363 g/mol. The zero-order valence-corrected chi connectivity index (χ0v) is 14.3. The van der Waals surface area contributed by atoms with Gasteiger partial charge in [0.25, 0.3) is 7.52 Å². The number of halogens is 3. The lowest BCUT2D eigenvalue weighted by atomic mass is 10.1. The smallest absolute Gasteiger partial charge is 0.329 e. The Labute approximate surface area is 137 Å². The molecular formula is C14H17F3N3O3P. The predicted molar refractivity (Wildman–Crippen MR) is 81.4 cm³/mol. The van der Waals surface area contributed by atoms with Gasteiger partial charge in [-0.1, -0.05) is 29.4 Å². The zero-order valence-electron chi connectivity index (χ0n) is 13.4. The van der Waals surface area contributed by atoms with Gasteiger partial charge in [0.2, 0.25) is 5.82 Å². The fourth-order valence-electron chi connectivity index (χ4n) is 1.95. The molecule has 0 bridgehead atoms. The van der Waals surface area contributed by atoms with Crippen molar-refractivity contribution in [2.24, 2.45) is 0 Å². The second kappa shape index (κ2) is 7.04. The van der Waals surface area contributed by atoms with Crippen molar-refractivity contribution in [3.8, 4) is 11.4 Å². The van der Waals surface area contributed by atoms with E-state index in [1.807, 2.05) is 0 Å². The van der Waals surface area contributed by atoms with Crippen molar-refractivity contribution >= 4 is 7.52 Å². The van der Waals surface area contributed by atoms with Crippen LogP contribution in [0.1, 0.15) is 18.4 Å². The quantitative estimate of drug-likeness (QED) is 0.722. The van der Waals surface area contributed by atoms with Gasteiger partial charge >= 0.3 is 12.1 Å². The first-order valence-corrected chi connectivity index (χ1v) is 8.83. The van der Waals surface area contributed by atoms with Crippen molar-refractivity contribution in [2.75, 3.05) is 20.7 Å². The van der Waals surface area contributed by atoms with Crippen LogP contribution in [0.5, 0.6) is 0 Å². The number of aromatic nitrogens is 2. The van der Waals surface area contributed by atoms with Crippen molar-refractivity contribution < 1.29 is 26.8 Å². The molecule has 1 unspecified atom stereocenters. The minimum absolute atomic E-state index is 0.158. The molecule has 0 N–H and O–H groups in total. The standard InChI is InChI=1S/C14H17F3N3O3P/c1-4-22-24(21,20(2)3)9-10-5-7-11(8-6-10)12-18-13(23-19-12)14(15,16)17/h5-8H,4,9H2,1-3H3. The molecule has 1 heterocycles. The lowest BCUT2D eigenvalue weighted by Gasteiger charge is -2.24. The molecule has 24 heavy (non-hydrogen) atoms. The highest BCUT2D eigenvalue weighted by Gasteiger charge is 2.38. The van der Waals surface area contributed by atoms with E-state index in [1.54, 1.807) is 50.0 Å². The molecule has 0 fully saturated rings. The van der Waals surface area contributed by atoms with Crippen LogP contribution in [0.2, 0.25) is 0 Å². The van der Waals surface area contributed by atoms with Gasteiger partial charge in [0.05, 0.1) is 12.8 Å². The van der Waals surface area contributed by atoms with Crippen molar-refractivity contribution in [3.05, 3.63) is 35.7 Å². The summed E-state index contributed by atoms with van der Waals surface area (Å²) in [5, 5.41) is 3.32. The van der Waals surface area contributed by atoms with Gasteiger partial charge in [0.15, 0.2) is 0 Å². The Kier molecular flexibility index (Phi) is 5.47. The predicted octanol–water partition coefficient (Wildman–Crippen LogP) is 4.05. The normalized spacial score (nSPS) is 14.8. The van der Waals surface area contributed by atoms with Crippen LogP contribution < -0.4 is 0 Å². The molecule has 0 aliphatic carbocycles. The number of benzene rings is 1.